The minimum Gasteiger partial charge on any atom is -0.352 e. The summed E-state index contributed by atoms with van der Waals surface area (Å²) in [5.74, 6) is -6.12. The Balaban J connectivity index is 1.73. The molecule has 216 valence electrons. The Hall–Kier alpha value is -3.91. The van der Waals surface area contributed by atoms with E-state index in [2.05, 4.69) is 25.6 Å². The number of nitrogens with zero attached hydrogens (tertiary/aromatic N) is 6. The third kappa shape index (κ3) is 6.22. The van der Waals surface area contributed by atoms with E-state index in [9.17, 15) is 31.5 Å². The molecule has 4 aromatic rings. The normalized spacial score (nSPS) is 12.0. The van der Waals surface area contributed by atoms with Crippen LogP contribution in [0, 0.1) is 6.92 Å². The number of carbonyl (C=O) groups excluding carboxylic acids is 2. The molecule has 16 heteroatoms. The van der Waals surface area contributed by atoms with Crippen LogP contribution in [0.4, 0.5) is 22.0 Å². The number of Topliss-reactive ketones (excluding diaryl/α,β-unsaturated/α-hetero) is 1. The Labute approximate surface area is 239 Å². The lowest BCUT2D eigenvalue weighted by atomic mass is 9.95. The first-order chi connectivity index (χ1) is 19.2. The largest absolute Gasteiger partial charge is 0.459 e. The highest BCUT2D eigenvalue weighted by Crippen LogP contribution is 2.42. The van der Waals surface area contributed by atoms with Gasteiger partial charge in [0.2, 0.25) is 0 Å². The zero-order valence-corrected chi connectivity index (χ0v) is 22.8. The quantitative estimate of drug-likeness (QED) is 0.201. The number of alkyl halides is 5. The molecular weight excluding hydrogens is 596 g/mol. The monoisotopic (exact) mass is 615 g/mol. The minimum atomic E-state index is -5.86. The minimum absolute atomic E-state index is 0.0318. The Bertz CT molecular complexity index is 1620. The van der Waals surface area contributed by atoms with Crippen LogP contribution in [-0.4, -0.2) is 54.2 Å². The molecule has 0 aliphatic carbocycles. The molecule has 1 N–H and O–H groups in total. The molecule has 0 aliphatic rings. The van der Waals surface area contributed by atoms with Gasteiger partial charge in [0.25, 0.3) is 5.91 Å². The summed E-state index contributed by atoms with van der Waals surface area (Å²) >= 11 is 12.4. The van der Waals surface area contributed by atoms with Crippen molar-refractivity contribution in [1.82, 2.24) is 35.1 Å². The molecule has 0 bridgehead atoms. The third-order valence-corrected chi connectivity index (χ3v) is 6.37. The first kappa shape index (κ1) is 30.1. The molecule has 0 aliphatic heterocycles. The van der Waals surface area contributed by atoms with E-state index in [1.807, 2.05) is 0 Å². The number of hydrogen-bond acceptors (Lipinski definition) is 6. The summed E-state index contributed by atoms with van der Waals surface area (Å²) < 4.78 is 66.7. The van der Waals surface area contributed by atoms with Crippen LogP contribution in [-0.2, 0) is 18.9 Å². The molecule has 4 rings (SSSR count). The van der Waals surface area contributed by atoms with E-state index in [4.69, 9.17) is 23.2 Å². The number of rotatable bonds is 9. The van der Waals surface area contributed by atoms with E-state index < -0.39 is 36.0 Å². The van der Waals surface area contributed by atoms with Crippen LogP contribution in [0.3, 0.4) is 0 Å². The Kier molecular flexibility index (Phi) is 8.45. The lowest BCUT2D eigenvalue weighted by molar-refractivity contribution is -0.291. The zero-order chi connectivity index (χ0) is 30.1. The Morgan fingerprint density at radius 1 is 1.07 bits per heavy atom. The SMILES string of the molecule is CCNC(=O)c1cc(Cl)cc(C)c1CC(=O)c1cc(Cn2ncc(C(F)(F)C(F)(F)F)n2)nn1-c1ncccc1Cl. The Morgan fingerprint density at radius 2 is 1.80 bits per heavy atom. The number of pyridine rings is 1. The second kappa shape index (κ2) is 11.5. The molecule has 0 radical (unpaired) electrons. The number of halogens is 7. The van der Waals surface area contributed by atoms with E-state index in [-0.39, 0.29) is 34.2 Å². The number of ketones is 1. The molecule has 3 aromatic heterocycles. The van der Waals surface area contributed by atoms with Crippen molar-refractivity contribution in [2.75, 3.05) is 6.54 Å². The van der Waals surface area contributed by atoms with Gasteiger partial charge in [0, 0.05) is 29.7 Å². The molecular formula is C25H20Cl2F5N7O2. The van der Waals surface area contributed by atoms with Crippen molar-refractivity contribution >= 4 is 34.9 Å². The summed E-state index contributed by atoms with van der Waals surface area (Å²) in [4.78, 5) is 31.1. The van der Waals surface area contributed by atoms with Crippen molar-refractivity contribution < 1.29 is 31.5 Å². The fourth-order valence-corrected chi connectivity index (χ4v) is 4.40. The highest BCUT2D eigenvalue weighted by molar-refractivity contribution is 6.32. The zero-order valence-electron chi connectivity index (χ0n) is 21.3. The summed E-state index contributed by atoms with van der Waals surface area (Å²) in [6.07, 6.45) is -4.43. The summed E-state index contributed by atoms with van der Waals surface area (Å²) in [6.45, 7) is 3.30. The number of amides is 1. The lowest BCUT2D eigenvalue weighted by Gasteiger charge is -2.16. The maximum Gasteiger partial charge on any atom is 0.459 e. The van der Waals surface area contributed by atoms with Gasteiger partial charge in [0.05, 0.1) is 16.9 Å². The van der Waals surface area contributed by atoms with Crippen LogP contribution in [0.15, 0.2) is 42.7 Å². The van der Waals surface area contributed by atoms with Crippen molar-refractivity contribution in [3.63, 3.8) is 0 Å². The van der Waals surface area contributed by atoms with E-state index >= 15 is 0 Å². The molecule has 0 atom stereocenters. The number of hydrogen-bond donors (Lipinski definition) is 1. The highest BCUT2D eigenvalue weighted by atomic mass is 35.5. The van der Waals surface area contributed by atoms with Crippen LogP contribution >= 0.6 is 23.2 Å². The molecule has 1 amide bonds. The summed E-state index contributed by atoms with van der Waals surface area (Å²) in [5.41, 5.74) is -0.433. The van der Waals surface area contributed by atoms with Crippen LogP contribution in [0.1, 0.15) is 50.3 Å². The van der Waals surface area contributed by atoms with E-state index in [1.54, 1.807) is 26.0 Å². The molecule has 3 heterocycles. The van der Waals surface area contributed by atoms with Crippen LogP contribution in [0.25, 0.3) is 5.82 Å². The van der Waals surface area contributed by atoms with Crippen LogP contribution in [0.5, 0.6) is 0 Å². The van der Waals surface area contributed by atoms with Crippen molar-refractivity contribution in [3.05, 3.63) is 86.5 Å². The molecule has 41 heavy (non-hydrogen) atoms. The number of nitrogens with one attached hydrogen (secondary N) is 1. The van der Waals surface area contributed by atoms with E-state index in [0.29, 0.717) is 33.7 Å². The smallest absolute Gasteiger partial charge is 0.352 e. The maximum atomic E-state index is 13.7. The number of carbonyl (C=O) groups is 2. The predicted molar refractivity (Wildman–Crippen MR) is 138 cm³/mol. The van der Waals surface area contributed by atoms with Gasteiger partial charge in [-0.15, -0.1) is 0 Å². The summed E-state index contributed by atoms with van der Waals surface area (Å²) in [6, 6.07) is 7.37. The van der Waals surface area contributed by atoms with Gasteiger partial charge < -0.3 is 5.32 Å². The third-order valence-electron chi connectivity index (χ3n) is 5.86. The van der Waals surface area contributed by atoms with Gasteiger partial charge in [-0.2, -0.15) is 42.0 Å². The van der Waals surface area contributed by atoms with Crippen LogP contribution in [0.2, 0.25) is 10.0 Å². The molecule has 0 saturated carbocycles. The van der Waals surface area contributed by atoms with Crippen molar-refractivity contribution in [2.24, 2.45) is 0 Å². The summed E-state index contributed by atoms with van der Waals surface area (Å²) in [5, 5.41) is 14.1. The van der Waals surface area contributed by atoms with Gasteiger partial charge in [0.15, 0.2) is 17.3 Å². The summed E-state index contributed by atoms with van der Waals surface area (Å²) in [7, 11) is 0. The fraction of sp³-hybridized carbons (Fsp3) is 0.280. The lowest BCUT2D eigenvalue weighted by Crippen LogP contribution is -2.34. The molecule has 0 unspecified atom stereocenters. The first-order valence-electron chi connectivity index (χ1n) is 11.9. The number of aryl methyl sites for hydroxylation is 1. The second-order valence-corrected chi connectivity index (χ2v) is 9.63. The average molecular weight is 616 g/mol. The van der Waals surface area contributed by atoms with Gasteiger partial charge in [0.1, 0.15) is 12.2 Å². The number of aromatic nitrogens is 6. The highest BCUT2D eigenvalue weighted by Gasteiger charge is 2.60. The van der Waals surface area contributed by atoms with Gasteiger partial charge in [-0.3, -0.25) is 9.59 Å². The maximum absolute atomic E-state index is 13.7. The Morgan fingerprint density at radius 3 is 2.46 bits per heavy atom. The van der Waals surface area contributed by atoms with E-state index in [0.717, 1.165) is 4.68 Å². The average Bonchev–Trinajstić information content (AvgIpc) is 3.53. The van der Waals surface area contributed by atoms with Crippen molar-refractivity contribution in [2.45, 2.75) is 38.9 Å². The van der Waals surface area contributed by atoms with Gasteiger partial charge in [-0.25, -0.2) is 9.67 Å². The first-order valence-corrected chi connectivity index (χ1v) is 12.6. The fourth-order valence-electron chi connectivity index (χ4n) is 3.93. The van der Waals surface area contributed by atoms with Gasteiger partial charge in [-0.1, -0.05) is 23.2 Å². The van der Waals surface area contributed by atoms with Gasteiger partial charge in [-0.05, 0) is 55.3 Å². The number of benzene rings is 1. The van der Waals surface area contributed by atoms with Crippen LogP contribution < -0.4 is 5.32 Å². The molecule has 1 aromatic carbocycles. The van der Waals surface area contributed by atoms with Crippen molar-refractivity contribution in [3.8, 4) is 5.82 Å². The molecule has 0 fully saturated rings. The van der Waals surface area contributed by atoms with E-state index in [1.165, 1.54) is 24.4 Å². The molecule has 9 nitrogen and oxygen atoms in total. The second-order valence-electron chi connectivity index (χ2n) is 8.78. The molecule has 0 spiro atoms. The predicted octanol–water partition coefficient (Wildman–Crippen LogP) is 5.35. The van der Waals surface area contributed by atoms with Crippen molar-refractivity contribution in [1.29, 1.82) is 0 Å². The standard InChI is InChI=1S/C25H20Cl2F5N7O2/c1-3-33-23(41)17-8-14(26)7-13(2)16(17)10-20(40)19-9-15(36-39(19)22-18(27)5-4-6-34-22)12-38-35-11-21(37-38)24(28,29)25(30,31)32/h4-9,11H,3,10,12H2,1-2H3,(H,33,41). The molecule has 0 saturated heterocycles. The topological polar surface area (TPSA) is 108 Å². The van der Waals surface area contributed by atoms with Gasteiger partial charge >= 0.3 is 12.1 Å².